The molecule has 7 heteroatoms. The zero-order valence-corrected chi connectivity index (χ0v) is 18.9. The molecule has 4 rings (SSSR count). The third-order valence-electron chi connectivity index (χ3n) is 7.67. The Labute approximate surface area is 182 Å². The molecule has 164 valence electrons. The van der Waals surface area contributed by atoms with E-state index < -0.39 is 44.4 Å². The SMILES string of the molecule is CCC1(CS(=O)(=O)OC2C(=O)c3cccc4cccc(c34)C2=O)C(=O)CC(C)C1(C)C. The van der Waals surface area contributed by atoms with E-state index in [4.69, 9.17) is 4.18 Å². The lowest BCUT2D eigenvalue weighted by atomic mass is 9.64. The van der Waals surface area contributed by atoms with E-state index in [1.54, 1.807) is 43.3 Å². The topological polar surface area (TPSA) is 94.6 Å². The van der Waals surface area contributed by atoms with Crippen LogP contribution in [0.1, 0.15) is 61.3 Å². The Hall–Kier alpha value is -2.38. The molecule has 2 aliphatic carbocycles. The molecule has 0 N–H and O–H groups in total. The summed E-state index contributed by atoms with van der Waals surface area (Å²) in [5, 5.41) is 1.25. The monoisotopic (exact) mass is 442 g/mol. The van der Waals surface area contributed by atoms with Crippen LogP contribution in [-0.2, 0) is 19.1 Å². The second kappa shape index (κ2) is 7.07. The third-order valence-corrected chi connectivity index (χ3v) is 9.00. The van der Waals surface area contributed by atoms with Crippen molar-refractivity contribution < 1.29 is 27.0 Å². The minimum absolute atomic E-state index is 0.0116. The van der Waals surface area contributed by atoms with Crippen LogP contribution in [0.4, 0.5) is 0 Å². The van der Waals surface area contributed by atoms with Gasteiger partial charge in [0.2, 0.25) is 17.7 Å². The highest BCUT2D eigenvalue weighted by molar-refractivity contribution is 7.86. The van der Waals surface area contributed by atoms with Crippen molar-refractivity contribution >= 4 is 38.2 Å². The van der Waals surface area contributed by atoms with Crippen LogP contribution < -0.4 is 0 Å². The summed E-state index contributed by atoms with van der Waals surface area (Å²) in [5.41, 5.74) is -1.15. The molecule has 0 aromatic heterocycles. The van der Waals surface area contributed by atoms with E-state index in [0.717, 1.165) is 5.39 Å². The summed E-state index contributed by atoms with van der Waals surface area (Å²) in [4.78, 5) is 39.0. The molecular formula is C24H26O6S. The maximum absolute atomic E-state index is 13.1. The molecule has 31 heavy (non-hydrogen) atoms. The van der Waals surface area contributed by atoms with Gasteiger partial charge in [0, 0.05) is 22.9 Å². The summed E-state index contributed by atoms with van der Waals surface area (Å²) in [7, 11) is -4.36. The Kier molecular flexibility index (Phi) is 4.98. The van der Waals surface area contributed by atoms with Crippen molar-refractivity contribution in [2.45, 2.75) is 46.6 Å². The van der Waals surface area contributed by atoms with Gasteiger partial charge >= 0.3 is 0 Å². The number of hydrogen-bond acceptors (Lipinski definition) is 6. The number of carbonyl (C=O) groups excluding carboxylic acids is 3. The molecule has 2 aromatic rings. The van der Waals surface area contributed by atoms with Crippen LogP contribution in [0.2, 0.25) is 0 Å². The van der Waals surface area contributed by atoms with Crippen molar-refractivity contribution in [2.75, 3.05) is 5.75 Å². The zero-order chi connectivity index (χ0) is 22.8. The average Bonchev–Trinajstić information content (AvgIpc) is 2.88. The number of rotatable bonds is 5. The molecule has 0 amide bonds. The smallest absolute Gasteiger partial charge is 0.269 e. The van der Waals surface area contributed by atoms with Gasteiger partial charge < -0.3 is 0 Å². The lowest BCUT2D eigenvalue weighted by Crippen LogP contribution is -2.47. The Morgan fingerprint density at radius 3 is 2.00 bits per heavy atom. The molecule has 0 bridgehead atoms. The largest absolute Gasteiger partial charge is 0.299 e. The summed E-state index contributed by atoms with van der Waals surface area (Å²) < 4.78 is 31.5. The van der Waals surface area contributed by atoms with Gasteiger partial charge in [-0.05, 0) is 23.1 Å². The number of benzene rings is 2. The van der Waals surface area contributed by atoms with Crippen molar-refractivity contribution in [1.82, 2.24) is 0 Å². The first-order valence-corrected chi connectivity index (χ1v) is 12.1. The van der Waals surface area contributed by atoms with Crippen LogP contribution >= 0.6 is 0 Å². The molecule has 1 saturated carbocycles. The minimum Gasteiger partial charge on any atom is -0.299 e. The minimum atomic E-state index is -4.36. The molecule has 0 aliphatic heterocycles. The third kappa shape index (κ3) is 3.09. The fraction of sp³-hybridized carbons (Fsp3) is 0.458. The first-order chi connectivity index (χ1) is 14.4. The number of ketones is 3. The zero-order valence-electron chi connectivity index (χ0n) is 18.1. The molecule has 0 spiro atoms. The lowest BCUT2D eigenvalue weighted by molar-refractivity contribution is -0.128. The lowest BCUT2D eigenvalue weighted by Gasteiger charge is -2.41. The predicted molar refractivity (Wildman–Crippen MR) is 117 cm³/mol. The van der Waals surface area contributed by atoms with Crippen LogP contribution in [0.5, 0.6) is 0 Å². The van der Waals surface area contributed by atoms with E-state index in [1.807, 2.05) is 20.8 Å². The van der Waals surface area contributed by atoms with Crippen molar-refractivity contribution in [3.63, 3.8) is 0 Å². The maximum Gasteiger partial charge on any atom is 0.269 e. The summed E-state index contributed by atoms with van der Waals surface area (Å²) in [5.74, 6) is -1.99. The van der Waals surface area contributed by atoms with Gasteiger partial charge in [0.15, 0.2) is 0 Å². The van der Waals surface area contributed by atoms with Gasteiger partial charge in [0.1, 0.15) is 5.78 Å². The van der Waals surface area contributed by atoms with Crippen molar-refractivity contribution in [3.8, 4) is 0 Å². The van der Waals surface area contributed by atoms with Crippen LogP contribution in [0.25, 0.3) is 10.8 Å². The summed E-state index contributed by atoms with van der Waals surface area (Å²) in [6.07, 6.45) is -1.13. The van der Waals surface area contributed by atoms with E-state index in [-0.39, 0.29) is 22.8 Å². The van der Waals surface area contributed by atoms with Gasteiger partial charge in [0.25, 0.3) is 10.1 Å². The summed E-state index contributed by atoms with van der Waals surface area (Å²) >= 11 is 0. The normalized spacial score (nSPS) is 26.1. The Balaban J connectivity index is 1.70. The van der Waals surface area contributed by atoms with Gasteiger partial charge in [-0.2, -0.15) is 8.42 Å². The molecular weight excluding hydrogens is 416 g/mol. The van der Waals surface area contributed by atoms with E-state index in [2.05, 4.69) is 0 Å². The van der Waals surface area contributed by atoms with Crippen molar-refractivity contribution in [1.29, 1.82) is 0 Å². The molecule has 2 aliphatic rings. The molecule has 6 nitrogen and oxygen atoms in total. The summed E-state index contributed by atoms with van der Waals surface area (Å²) in [6, 6.07) is 10.1. The molecule has 0 saturated heterocycles. The Bertz CT molecular complexity index is 1180. The molecule has 2 aromatic carbocycles. The van der Waals surface area contributed by atoms with Crippen LogP contribution in [0.3, 0.4) is 0 Å². The van der Waals surface area contributed by atoms with Crippen LogP contribution in [0, 0.1) is 16.7 Å². The van der Waals surface area contributed by atoms with Crippen LogP contribution in [0.15, 0.2) is 36.4 Å². The molecule has 0 radical (unpaired) electrons. The quantitative estimate of drug-likeness (QED) is 0.514. The molecule has 0 heterocycles. The molecule has 1 fully saturated rings. The van der Waals surface area contributed by atoms with Crippen molar-refractivity contribution in [3.05, 3.63) is 47.5 Å². The van der Waals surface area contributed by atoms with E-state index in [0.29, 0.717) is 18.2 Å². The van der Waals surface area contributed by atoms with Gasteiger partial charge in [-0.1, -0.05) is 64.1 Å². The van der Waals surface area contributed by atoms with Crippen molar-refractivity contribution in [2.24, 2.45) is 16.7 Å². The first kappa shape index (κ1) is 21.8. The highest BCUT2D eigenvalue weighted by Gasteiger charge is 2.59. The highest BCUT2D eigenvalue weighted by Crippen LogP contribution is 2.56. The first-order valence-electron chi connectivity index (χ1n) is 10.5. The Morgan fingerprint density at radius 2 is 1.55 bits per heavy atom. The standard InChI is InChI=1S/C24H26O6S/c1-5-24(18(25)12-14(2)23(24,3)4)13-31(28,29)30-22-20(26)16-10-6-8-15-9-7-11-17(19(15)16)21(22)27/h6-11,14,22H,5,12-13H2,1-4H3. The Morgan fingerprint density at radius 1 is 1.00 bits per heavy atom. The molecule has 2 unspecified atom stereocenters. The fourth-order valence-corrected chi connectivity index (χ4v) is 7.18. The van der Waals surface area contributed by atoms with E-state index >= 15 is 0 Å². The number of Topliss-reactive ketones (excluding diaryl/α,β-unsaturated/α-hetero) is 3. The second-order valence-corrected chi connectivity index (χ2v) is 10.9. The second-order valence-electron chi connectivity index (χ2n) is 9.30. The van der Waals surface area contributed by atoms with Gasteiger partial charge in [0.05, 0.1) is 11.2 Å². The number of carbonyl (C=O) groups is 3. The van der Waals surface area contributed by atoms with Gasteiger partial charge in [-0.15, -0.1) is 0 Å². The maximum atomic E-state index is 13.1. The summed E-state index contributed by atoms with van der Waals surface area (Å²) in [6.45, 7) is 7.53. The van der Waals surface area contributed by atoms with Gasteiger partial charge in [-0.3, -0.25) is 14.4 Å². The fourth-order valence-electron chi connectivity index (χ4n) is 5.30. The average molecular weight is 443 g/mol. The molecule has 2 atom stereocenters. The van der Waals surface area contributed by atoms with E-state index in [9.17, 15) is 22.8 Å². The highest BCUT2D eigenvalue weighted by atomic mass is 32.2. The van der Waals surface area contributed by atoms with E-state index in [1.165, 1.54) is 0 Å². The number of hydrogen-bond donors (Lipinski definition) is 0. The van der Waals surface area contributed by atoms with Crippen LogP contribution in [-0.4, -0.2) is 37.6 Å². The predicted octanol–water partition coefficient (Wildman–Crippen LogP) is 3.97. The van der Waals surface area contributed by atoms with Gasteiger partial charge in [-0.25, -0.2) is 4.18 Å².